The van der Waals surface area contributed by atoms with Gasteiger partial charge in [-0.05, 0) is 25.3 Å². The molecule has 0 aromatic carbocycles. The Morgan fingerprint density at radius 3 is 3.00 bits per heavy atom. The standard InChI is InChI=1S/C11H23N3O2/c1-9(2)4-3-5-14-6-7-16-10(8-14)11(12)13-15/h9-10,15H,3-8H2,1-2H3,(H2,12,13). The summed E-state index contributed by atoms with van der Waals surface area (Å²) in [6.45, 7) is 7.86. The van der Waals surface area contributed by atoms with E-state index in [1.54, 1.807) is 0 Å². The van der Waals surface area contributed by atoms with Crippen molar-refractivity contribution in [3.63, 3.8) is 0 Å². The molecule has 0 amide bonds. The van der Waals surface area contributed by atoms with E-state index in [1.165, 1.54) is 12.8 Å². The van der Waals surface area contributed by atoms with Gasteiger partial charge in [0.05, 0.1) is 6.61 Å². The highest BCUT2D eigenvalue weighted by atomic mass is 16.5. The second kappa shape index (κ2) is 6.70. The van der Waals surface area contributed by atoms with Crippen LogP contribution < -0.4 is 5.73 Å². The maximum absolute atomic E-state index is 8.59. The van der Waals surface area contributed by atoms with Gasteiger partial charge in [-0.15, -0.1) is 0 Å². The van der Waals surface area contributed by atoms with Crippen molar-refractivity contribution in [2.45, 2.75) is 32.8 Å². The summed E-state index contributed by atoms with van der Waals surface area (Å²) >= 11 is 0. The molecular formula is C11H23N3O2. The first kappa shape index (κ1) is 13.3. The molecule has 0 radical (unpaired) electrons. The number of rotatable bonds is 5. The summed E-state index contributed by atoms with van der Waals surface area (Å²) in [4.78, 5) is 2.31. The van der Waals surface area contributed by atoms with Crippen molar-refractivity contribution in [2.24, 2.45) is 16.8 Å². The zero-order valence-corrected chi connectivity index (χ0v) is 10.2. The Labute approximate surface area is 97.2 Å². The monoisotopic (exact) mass is 229 g/mol. The molecule has 0 spiro atoms. The van der Waals surface area contributed by atoms with E-state index in [0.717, 1.165) is 25.6 Å². The van der Waals surface area contributed by atoms with Crippen molar-refractivity contribution in [2.75, 3.05) is 26.2 Å². The number of oxime groups is 1. The summed E-state index contributed by atoms with van der Waals surface area (Å²) in [5.41, 5.74) is 5.54. The van der Waals surface area contributed by atoms with E-state index in [4.69, 9.17) is 15.7 Å². The van der Waals surface area contributed by atoms with Gasteiger partial charge in [-0.3, -0.25) is 4.90 Å². The van der Waals surface area contributed by atoms with E-state index in [1.807, 2.05) is 0 Å². The van der Waals surface area contributed by atoms with Crippen molar-refractivity contribution >= 4 is 5.84 Å². The van der Waals surface area contributed by atoms with Gasteiger partial charge in [-0.2, -0.15) is 0 Å². The van der Waals surface area contributed by atoms with Gasteiger partial charge in [0.15, 0.2) is 5.84 Å². The lowest BCUT2D eigenvalue weighted by atomic mass is 10.1. The van der Waals surface area contributed by atoms with Crippen LogP contribution in [0.15, 0.2) is 5.16 Å². The molecule has 0 aromatic rings. The minimum absolute atomic E-state index is 0.175. The van der Waals surface area contributed by atoms with Gasteiger partial charge in [0.2, 0.25) is 0 Å². The molecule has 94 valence electrons. The molecule has 1 heterocycles. The first-order valence-corrected chi connectivity index (χ1v) is 5.95. The zero-order valence-electron chi connectivity index (χ0n) is 10.2. The van der Waals surface area contributed by atoms with Crippen LogP contribution in [0, 0.1) is 5.92 Å². The van der Waals surface area contributed by atoms with Gasteiger partial charge >= 0.3 is 0 Å². The molecule has 1 aliphatic heterocycles. The summed E-state index contributed by atoms with van der Waals surface area (Å²) < 4.78 is 5.43. The Morgan fingerprint density at radius 2 is 2.38 bits per heavy atom. The molecule has 1 saturated heterocycles. The summed E-state index contributed by atoms with van der Waals surface area (Å²) in [7, 11) is 0. The van der Waals surface area contributed by atoms with Crippen LogP contribution in [0.1, 0.15) is 26.7 Å². The zero-order chi connectivity index (χ0) is 12.0. The molecule has 1 fully saturated rings. The van der Waals surface area contributed by atoms with E-state index in [2.05, 4.69) is 23.9 Å². The molecule has 5 nitrogen and oxygen atoms in total. The fourth-order valence-electron chi connectivity index (χ4n) is 1.87. The number of hydrogen-bond acceptors (Lipinski definition) is 4. The number of nitrogens with two attached hydrogens (primary N) is 1. The number of nitrogens with zero attached hydrogens (tertiary/aromatic N) is 2. The lowest BCUT2D eigenvalue weighted by molar-refractivity contribution is 0.00393. The van der Waals surface area contributed by atoms with Crippen molar-refractivity contribution in [1.82, 2.24) is 4.90 Å². The molecule has 0 bridgehead atoms. The molecule has 5 heteroatoms. The number of amidine groups is 1. The Hall–Kier alpha value is -0.810. The topological polar surface area (TPSA) is 71.1 Å². The highest BCUT2D eigenvalue weighted by molar-refractivity contribution is 5.84. The molecule has 0 aromatic heterocycles. The highest BCUT2D eigenvalue weighted by Crippen LogP contribution is 2.09. The highest BCUT2D eigenvalue weighted by Gasteiger charge is 2.23. The largest absolute Gasteiger partial charge is 0.409 e. The third-order valence-corrected chi connectivity index (χ3v) is 2.85. The van der Waals surface area contributed by atoms with Crippen molar-refractivity contribution < 1.29 is 9.94 Å². The molecule has 0 saturated carbocycles. The fraction of sp³-hybridized carbons (Fsp3) is 0.909. The van der Waals surface area contributed by atoms with E-state index in [0.29, 0.717) is 6.61 Å². The fourth-order valence-corrected chi connectivity index (χ4v) is 1.87. The lowest BCUT2D eigenvalue weighted by Gasteiger charge is -2.32. The van der Waals surface area contributed by atoms with Crippen molar-refractivity contribution in [3.8, 4) is 0 Å². The molecule has 1 rings (SSSR count). The predicted molar refractivity (Wildman–Crippen MR) is 63.7 cm³/mol. The van der Waals surface area contributed by atoms with E-state index < -0.39 is 0 Å². The smallest absolute Gasteiger partial charge is 0.169 e. The molecule has 16 heavy (non-hydrogen) atoms. The molecular weight excluding hydrogens is 206 g/mol. The molecule has 3 N–H and O–H groups in total. The lowest BCUT2D eigenvalue weighted by Crippen LogP contribution is -2.48. The van der Waals surface area contributed by atoms with Crippen LogP contribution in [0.4, 0.5) is 0 Å². The maximum Gasteiger partial charge on any atom is 0.169 e. The summed E-state index contributed by atoms with van der Waals surface area (Å²) in [6, 6.07) is 0. The van der Waals surface area contributed by atoms with E-state index in [-0.39, 0.29) is 11.9 Å². The number of hydrogen-bond donors (Lipinski definition) is 2. The predicted octanol–water partition coefficient (Wildman–Crippen LogP) is 0.870. The first-order chi connectivity index (χ1) is 7.63. The normalized spacial score (nSPS) is 23.9. The molecule has 1 aliphatic rings. The molecule has 0 aliphatic carbocycles. The molecule has 1 atom stereocenters. The van der Waals surface area contributed by atoms with Crippen LogP contribution >= 0.6 is 0 Å². The summed E-state index contributed by atoms with van der Waals surface area (Å²) in [5, 5.41) is 11.6. The Morgan fingerprint density at radius 1 is 1.62 bits per heavy atom. The SMILES string of the molecule is CC(C)CCCN1CCOC(C(N)=NO)C1. The van der Waals surface area contributed by atoms with E-state index in [9.17, 15) is 0 Å². The Kier molecular flexibility index (Phi) is 5.55. The number of morpholine rings is 1. The van der Waals surface area contributed by atoms with Crippen molar-refractivity contribution in [1.29, 1.82) is 0 Å². The Balaban J connectivity index is 2.28. The summed E-state index contributed by atoms with van der Waals surface area (Å²) in [6.07, 6.45) is 2.18. The maximum atomic E-state index is 8.59. The third-order valence-electron chi connectivity index (χ3n) is 2.85. The van der Waals surface area contributed by atoms with Crippen molar-refractivity contribution in [3.05, 3.63) is 0 Å². The average molecular weight is 229 g/mol. The van der Waals surface area contributed by atoms with Gasteiger partial charge in [-0.1, -0.05) is 19.0 Å². The van der Waals surface area contributed by atoms with Crippen LogP contribution in [0.25, 0.3) is 0 Å². The van der Waals surface area contributed by atoms with Gasteiger partial charge in [-0.25, -0.2) is 0 Å². The van der Waals surface area contributed by atoms with Gasteiger partial charge in [0, 0.05) is 13.1 Å². The Bertz CT molecular complexity index is 231. The van der Waals surface area contributed by atoms with Crippen LogP contribution in [0.3, 0.4) is 0 Å². The van der Waals surface area contributed by atoms with Crippen LogP contribution in [-0.4, -0.2) is 48.3 Å². The van der Waals surface area contributed by atoms with Gasteiger partial charge in [0.1, 0.15) is 6.10 Å². The van der Waals surface area contributed by atoms with Crippen LogP contribution in [0.2, 0.25) is 0 Å². The minimum Gasteiger partial charge on any atom is -0.409 e. The van der Waals surface area contributed by atoms with E-state index >= 15 is 0 Å². The number of ether oxygens (including phenoxy) is 1. The van der Waals surface area contributed by atoms with Crippen LogP contribution in [0.5, 0.6) is 0 Å². The quantitative estimate of drug-likeness (QED) is 0.317. The minimum atomic E-state index is -0.252. The molecule has 1 unspecified atom stereocenters. The van der Waals surface area contributed by atoms with Gasteiger partial charge < -0.3 is 15.7 Å². The van der Waals surface area contributed by atoms with Crippen LogP contribution in [-0.2, 0) is 4.74 Å². The summed E-state index contributed by atoms with van der Waals surface area (Å²) in [5.74, 6) is 0.925. The second-order valence-corrected chi connectivity index (χ2v) is 4.72. The van der Waals surface area contributed by atoms with Gasteiger partial charge in [0.25, 0.3) is 0 Å². The second-order valence-electron chi connectivity index (χ2n) is 4.72. The average Bonchev–Trinajstić information content (AvgIpc) is 2.28. The third kappa shape index (κ3) is 4.37. The first-order valence-electron chi connectivity index (χ1n) is 5.95.